The fourth-order valence-corrected chi connectivity index (χ4v) is 4.15. The molecule has 0 saturated heterocycles. The number of carbonyl (C=O) groups excluding carboxylic acids is 1. The summed E-state index contributed by atoms with van der Waals surface area (Å²) in [6, 6.07) is 5.45. The van der Waals surface area contributed by atoms with Crippen molar-refractivity contribution in [2.24, 2.45) is 23.7 Å². The normalized spacial score (nSPS) is 29.4. The molecule has 1 fully saturated rings. The van der Waals surface area contributed by atoms with E-state index in [0.29, 0.717) is 11.7 Å². The molecule has 0 radical (unpaired) electrons. The standard InChI is InChI=1S/C20H22O3/c1-4-14-11-15(20-16(21)7-5-12(2)19(14)20)9-13-6-8-18(23-3)17(22)10-13/h4-8,10,14-15,19-20,22H,1-2,9,11H2,3H3/t14-,15-,19+,20+/m0/s1. The SMILES string of the molecule is C=C[C@H]1C[C@H](Cc2ccc(OC)c(O)c2)[C@@H]2C(=O)C=CC(=C)[C@@H]21. The number of ether oxygens (including phenoxy) is 1. The van der Waals surface area contributed by atoms with Gasteiger partial charge in [-0.15, -0.1) is 6.58 Å². The summed E-state index contributed by atoms with van der Waals surface area (Å²) in [6.45, 7) is 8.06. The fourth-order valence-electron chi connectivity index (χ4n) is 4.15. The van der Waals surface area contributed by atoms with Crippen LogP contribution in [0.4, 0.5) is 0 Å². The number of benzene rings is 1. The zero-order valence-electron chi connectivity index (χ0n) is 13.4. The summed E-state index contributed by atoms with van der Waals surface area (Å²) in [5.41, 5.74) is 2.05. The first-order chi connectivity index (χ1) is 11.0. The van der Waals surface area contributed by atoms with Crippen LogP contribution in [0.3, 0.4) is 0 Å². The molecule has 1 saturated carbocycles. The van der Waals surface area contributed by atoms with Gasteiger partial charge < -0.3 is 9.84 Å². The summed E-state index contributed by atoms with van der Waals surface area (Å²) >= 11 is 0. The van der Waals surface area contributed by atoms with Gasteiger partial charge in [-0.05, 0) is 54.4 Å². The summed E-state index contributed by atoms with van der Waals surface area (Å²) in [4.78, 5) is 12.4. The van der Waals surface area contributed by atoms with E-state index in [0.717, 1.165) is 24.0 Å². The number of hydrogen-bond donors (Lipinski definition) is 1. The molecule has 0 unspecified atom stereocenters. The molecule has 23 heavy (non-hydrogen) atoms. The summed E-state index contributed by atoms with van der Waals surface area (Å²) < 4.78 is 5.08. The summed E-state index contributed by atoms with van der Waals surface area (Å²) in [5, 5.41) is 9.96. The molecule has 3 rings (SSSR count). The molecular weight excluding hydrogens is 288 g/mol. The minimum atomic E-state index is -0.0280. The van der Waals surface area contributed by atoms with Gasteiger partial charge in [-0.3, -0.25) is 4.79 Å². The van der Waals surface area contributed by atoms with Crippen LogP contribution >= 0.6 is 0 Å². The second-order valence-electron chi connectivity index (χ2n) is 6.47. The number of ketones is 1. The maximum Gasteiger partial charge on any atom is 0.160 e. The molecule has 4 atom stereocenters. The number of phenols is 1. The second-order valence-corrected chi connectivity index (χ2v) is 6.47. The molecule has 3 heteroatoms. The van der Waals surface area contributed by atoms with Crippen molar-refractivity contribution in [2.45, 2.75) is 12.8 Å². The van der Waals surface area contributed by atoms with Gasteiger partial charge in [0.25, 0.3) is 0 Å². The molecule has 0 aliphatic heterocycles. The third-order valence-corrected chi connectivity index (χ3v) is 5.19. The monoisotopic (exact) mass is 310 g/mol. The van der Waals surface area contributed by atoms with Crippen molar-refractivity contribution in [3.05, 3.63) is 60.7 Å². The molecule has 1 aromatic rings. The van der Waals surface area contributed by atoms with E-state index < -0.39 is 0 Å². The molecule has 2 aliphatic rings. The van der Waals surface area contributed by atoms with Crippen LogP contribution in [-0.4, -0.2) is 18.0 Å². The van der Waals surface area contributed by atoms with E-state index in [4.69, 9.17) is 4.74 Å². The van der Waals surface area contributed by atoms with Gasteiger partial charge in [0.1, 0.15) is 0 Å². The van der Waals surface area contributed by atoms with Gasteiger partial charge in [0, 0.05) is 5.92 Å². The molecular formula is C20H22O3. The van der Waals surface area contributed by atoms with Gasteiger partial charge in [0.2, 0.25) is 0 Å². The molecule has 0 heterocycles. The van der Waals surface area contributed by atoms with Gasteiger partial charge in [0.15, 0.2) is 17.3 Å². The average Bonchev–Trinajstić information content (AvgIpc) is 2.91. The van der Waals surface area contributed by atoms with Gasteiger partial charge in [0.05, 0.1) is 7.11 Å². The lowest BCUT2D eigenvalue weighted by molar-refractivity contribution is -0.120. The Hall–Kier alpha value is -2.29. The number of fused-ring (bicyclic) bond motifs is 1. The van der Waals surface area contributed by atoms with E-state index >= 15 is 0 Å². The highest BCUT2D eigenvalue weighted by Gasteiger charge is 2.46. The zero-order chi connectivity index (χ0) is 16.6. The van der Waals surface area contributed by atoms with Crippen molar-refractivity contribution in [2.75, 3.05) is 7.11 Å². The van der Waals surface area contributed by atoms with E-state index in [1.807, 2.05) is 18.2 Å². The van der Waals surface area contributed by atoms with Crippen LogP contribution in [0.15, 0.2) is 55.2 Å². The average molecular weight is 310 g/mol. The van der Waals surface area contributed by atoms with Crippen LogP contribution in [0.2, 0.25) is 0 Å². The first kappa shape index (κ1) is 15.6. The van der Waals surface area contributed by atoms with Gasteiger partial charge >= 0.3 is 0 Å². The van der Waals surface area contributed by atoms with Crippen LogP contribution in [0.1, 0.15) is 12.0 Å². The van der Waals surface area contributed by atoms with E-state index in [1.165, 1.54) is 7.11 Å². The largest absolute Gasteiger partial charge is 0.504 e. The third-order valence-electron chi connectivity index (χ3n) is 5.19. The van der Waals surface area contributed by atoms with Crippen molar-refractivity contribution in [3.8, 4) is 11.5 Å². The Morgan fingerprint density at radius 1 is 1.35 bits per heavy atom. The Bertz CT molecular complexity index is 686. The Balaban J connectivity index is 1.86. The number of hydrogen-bond acceptors (Lipinski definition) is 3. The van der Waals surface area contributed by atoms with Crippen LogP contribution in [0.5, 0.6) is 11.5 Å². The lowest BCUT2D eigenvalue weighted by Gasteiger charge is -2.28. The molecule has 0 bridgehead atoms. The molecule has 1 N–H and O–H groups in total. The Labute approximate surface area is 137 Å². The lowest BCUT2D eigenvalue weighted by atomic mass is 9.75. The van der Waals surface area contributed by atoms with Crippen LogP contribution < -0.4 is 4.74 Å². The summed E-state index contributed by atoms with van der Waals surface area (Å²) in [5.74, 6) is 1.46. The smallest absolute Gasteiger partial charge is 0.160 e. The molecule has 2 aliphatic carbocycles. The topological polar surface area (TPSA) is 46.5 Å². The van der Waals surface area contributed by atoms with Gasteiger partial charge in [-0.2, -0.15) is 0 Å². The second kappa shape index (κ2) is 6.07. The Kier molecular flexibility index (Phi) is 4.12. The van der Waals surface area contributed by atoms with Gasteiger partial charge in [-0.25, -0.2) is 0 Å². The molecule has 120 valence electrons. The van der Waals surface area contributed by atoms with Crippen molar-refractivity contribution in [1.82, 2.24) is 0 Å². The highest BCUT2D eigenvalue weighted by Crippen LogP contribution is 2.49. The zero-order valence-corrected chi connectivity index (χ0v) is 13.4. The first-order valence-corrected chi connectivity index (χ1v) is 7.94. The quantitative estimate of drug-likeness (QED) is 0.863. The molecule has 0 amide bonds. The Morgan fingerprint density at radius 3 is 2.78 bits per heavy atom. The third kappa shape index (κ3) is 2.72. The predicted molar refractivity (Wildman–Crippen MR) is 90.4 cm³/mol. The highest BCUT2D eigenvalue weighted by atomic mass is 16.5. The number of aromatic hydroxyl groups is 1. The van der Waals surface area contributed by atoms with Crippen molar-refractivity contribution in [1.29, 1.82) is 0 Å². The van der Waals surface area contributed by atoms with E-state index in [1.54, 1.807) is 18.2 Å². The van der Waals surface area contributed by atoms with Crippen LogP contribution in [0, 0.1) is 23.7 Å². The Morgan fingerprint density at radius 2 is 2.13 bits per heavy atom. The summed E-state index contributed by atoms with van der Waals surface area (Å²) in [6.07, 6.45) is 7.16. The minimum absolute atomic E-state index is 0.0280. The molecule has 0 aromatic heterocycles. The number of carbonyl (C=O) groups is 1. The number of rotatable bonds is 4. The number of methoxy groups -OCH3 is 1. The highest BCUT2D eigenvalue weighted by molar-refractivity contribution is 5.94. The van der Waals surface area contributed by atoms with Crippen molar-refractivity contribution >= 4 is 5.78 Å². The minimum Gasteiger partial charge on any atom is -0.504 e. The molecule has 3 nitrogen and oxygen atoms in total. The van der Waals surface area contributed by atoms with Crippen LogP contribution in [0.25, 0.3) is 0 Å². The first-order valence-electron chi connectivity index (χ1n) is 7.94. The maximum atomic E-state index is 12.4. The predicted octanol–water partition coefficient (Wildman–Crippen LogP) is 3.69. The summed E-state index contributed by atoms with van der Waals surface area (Å²) in [7, 11) is 1.53. The van der Waals surface area contributed by atoms with E-state index in [2.05, 4.69) is 13.2 Å². The van der Waals surface area contributed by atoms with Gasteiger partial charge in [-0.1, -0.05) is 30.4 Å². The van der Waals surface area contributed by atoms with Crippen molar-refractivity contribution in [3.63, 3.8) is 0 Å². The van der Waals surface area contributed by atoms with Crippen LogP contribution in [-0.2, 0) is 11.2 Å². The molecule has 1 aromatic carbocycles. The lowest BCUT2D eigenvalue weighted by Crippen LogP contribution is -2.29. The number of allylic oxidation sites excluding steroid dienone is 4. The fraction of sp³-hybridized carbons (Fsp3) is 0.350. The maximum absolute atomic E-state index is 12.4. The van der Waals surface area contributed by atoms with E-state index in [-0.39, 0.29) is 29.3 Å². The number of phenolic OH excluding ortho intramolecular Hbond substituents is 1. The van der Waals surface area contributed by atoms with Crippen molar-refractivity contribution < 1.29 is 14.6 Å². The van der Waals surface area contributed by atoms with E-state index in [9.17, 15) is 9.90 Å². The molecule has 0 spiro atoms.